The average Bonchev–Trinajstić information content (AvgIpc) is 3.29. The Morgan fingerprint density at radius 3 is 2.83 bits per heavy atom. The molecule has 0 aromatic carbocycles. The summed E-state index contributed by atoms with van der Waals surface area (Å²) in [6.45, 7) is 6.41. The Balaban J connectivity index is 1.73. The van der Waals surface area contributed by atoms with Crippen LogP contribution in [-0.2, 0) is 7.05 Å². The number of rotatable bonds is 3. The van der Waals surface area contributed by atoms with Crippen molar-refractivity contribution in [3.8, 4) is 0 Å². The van der Waals surface area contributed by atoms with Gasteiger partial charge in [0.2, 0.25) is 0 Å². The lowest BCUT2D eigenvalue weighted by Crippen LogP contribution is -2.40. The van der Waals surface area contributed by atoms with Crippen LogP contribution in [0.4, 0.5) is 10.2 Å². The van der Waals surface area contributed by atoms with Crippen LogP contribution in [-0.4, -0.2) is 37.2 Å². The second-order valence-corrected chi connectivity index (χ2v) is 8.70. The van der Waals surface area contributed by atoms with Crippen molar-refractivity contribution >= 4 is 17.4 Å². The Hall–Kier alpha value is -3.23. The van der Waals surface area contributed by atoms with Crippen LogP contribution in [0.15, 0.2) is 35.5 Å². The number of nitrogens with one attached hydrogen (secondary N) is 1. The minimum Gasteiger partial charge on any atom is -0.349 e. The molecule has 1 saturated heterocycles. The lowest BCUT2D eigenvalue weighted by Gasteiger charge is -2.26. The molecular formula is C21H25FN6O2. The summed E-state index contributed by atoms with van der Waals surface area (Å²) >= 11 is 0. The first-order chi connectivity index (χ1) is 14.1. The van der Waals surface area contributed by atoms with Gasteiger partial charge in [0.05, 0.1) is 12.2 Å². The van der Waals surface area contributed by atoms with Gasteiger partial charge in [-0.1, -0.05) is 0 Å². The van der Waals surface area contributed by atoms with Gasteiger partial charge >= 0.3 is 0 Å². The van der Waals surface area contributed by atoms with Crippen LogP contribution in [0.3, 0.4) is 0 Å². The molecular weight excluding hydrogens is 387 g/mol. The van der Waals surface area contributed by atoms with Crippen LogP contribution < -0.4 is 15.8 Å². The van der Waals surface area contributed by atoms with Crippen LogP contribution in [0.5, 0.6) is 0 Å². The highest BCUT2D eigenvalue weighted by molar-refractivity contribution is 6.00. The molecule has 1 aliphatic rings. The number of hydrogen-bond donors (Lipinski definition) is 1. The summed E-state index contributed by atoms with van der Waals surface area (Å²) in [5, 5.41) is 7.15. The number of nitrogens with zero attached hydrogens (tertiary/aromatic N) is 5. The van der Waals surface area contributed by atoms with Gasteiger partial charge < -0.3 is 14.8 Å². The number of anilines is 1. The predicted molar refractivity (Wildman–Crippen MR) is 111 cm³/mol. The second-order valence-electron chi connectivity index (χ2n) is 8.70. The van der Waals surface area contributed by atoms with E-state index in [-0.39, 0.29) is 23.0 Å². The maximum absolute atomic E-state index is 14.0. The monoisotopic (exact) mass is 412 g/mol. The topological polar surface area (TPSA) is 84.5 Å². The van der Waals surface area contributed by atoms with Crippen LogP contribution in [0.1, 0.15) is 55.6 Å². The first-order valence-electron chi connectivity index (χ1n) is 9.94. The molecule has 9 heteroatoms. The summed E-state index contributed by atoms with van der Waals surface area (Å²) in [5.74, 6) is -0.0694. The van der Waals surface area contributed by atoms with E-state index < -0.39 is 5.82 Å². The minimum absolute atomic E-state index is 0.219. The molecule has 1 aliphatic heterocycles. The number of fused-ring (bicyclic) bond motifs is 1. The van der Waals surface area contributed by atoms with Gasteiger partial charge in [-0.3, -0.25) is 9.59 Å². The summed E-state index contributed by atoms with van der Waals surface area (Å²) in [6.07, 6.45) is 6.00. The highest BCUT2D eigenvalue weighted by atomic mass is 19.1. The van der Waals surface area contributed by atoms with E-state index in [0.717, 1.165) is 12.8 Å². The highest BCUT2D eigenvalue weighted by Gasteiger charge is 2.30. The van der Waals surface area contributed by atoms with Gasteiger partial charge in [-0.15, -0.1) is 0 Å². The number of halogens is 1. The van der Waals surface area contributed by atoms with E-state index in [1.165, 1.54) is 23.0 Å². The quantitative estimate of drug-likeness (QED) is 0.714. The molecule has 4 heterocycles. The van der Waals surface area contributed by atoms with Gasteiger partial charge in [0.25, 0.3) is 11.5 Å². The largest absolute Gasteiger partial charge is 0.349 e. The number of aryl methyl sites for hydroxylation is 1. The molecule has 1 unspecified atom stereocenters. The zero-order chi connectivity index (χ0) is 21.6. The first-order valence-corrected chi connectivity index (χ1v) is 9.94. The Labute approximate surface area is 173 Å². The van der Waals surface area contributed by atoms with Crippen molar-refractivity contribution in [3.05, 3.63) is 58.0 Å². The van der Waals surface area contributed by atoms with Gasteiger partial charge in [-0.2, -0.15) is 5.10 Å². The molecule has 8 nitrogen and oxygen atoms in total. The fraction of sp³-hybridized carbons (Fsp3) is 0.429. The fourth-order valence-electron chi connectivity index (χ4n) is 3.89. The zero-order valence-electron chi connectivity index (χ0n) is 17.5. The van der Waals surface area contributed by atoms with E-state index >= 15 is 0 Å². The Morgan fingerprint density at radius 1 is 1.33 bits per heavy atom. The highest BCUT2D eigenvalue weighted by Crippen LogP contribution is 2.34. The zero-order valence-corrected chi connectivity index (χ0v) is 17.5. The molecule has 1 atom stereocenters. The lowest BCUT2D eigenvalue weighted by atomic mass is 10.1. The van der Waals surface area contributed by atoms with Gasteiger partial charge in [0.15, 0.2) is 5.65 Å². The predicted octanol–water partition coefficient (Wildman–Crippen LogP) is 2.44. The van der Waals surface area contributed by atoms with E-state index in [2.05, 4.69) is 15.4 Å². The second kappa shape index (κ2) is 7.23. The molecule has 3 aromatic rings. The van der Waals surface area contributed by atoms with Crippen molar-refractivity contribution in [3.63, 3.8) is 0 Å². The normalized spacial score (nSPS) is 17.0. The molecule has 1 amide bonds. The van der Waals surface area contributed by atoms with Crippen molar-refractivity contribution in [2.24, 2.45) is 7.05 Å². The van der Waals surface area contributed by atoms with E-state index in [1.54, 1.807) is 23.8 Å². The molecule has 1 fully saturated rings. The van der Waals surface area contributed by atoms with Crippen molar-refractivity contribution in [2.75, 3.05) is 11.4 Å². The lowest BCUT2D eigenvalue weighted by molar-refractivity contribution is 0.0921. The summed E-state index contributed by atoms with van der Waals surface area (Å²) < 4.78 is 16.8. The van der Waals surface area contributed by atoms with Crippen LogP contribution in [0, 0.1) is 5.82 Å². The van der Waals surface area contributed by atoms with Gasteiger partial charge in [-0.25, -0.2) is 13.9 Å². The number of pyridine rings is 1. The fourth-order valence-corrected chi connectivity index (χ4v) is 3.89. The molecule has 30 heavy (non-hydrogen) atoms. The Morgan fingerprint density at radius 2 is 2.10 bits per heavy atom. The molecule has 0 aliphatic carbocycles. The third kappa shape index (κ3) is 3.67. The molecule has 1 N–H and O–H groups in total. The maximum atomic E-state index is 14.0. The average molecular weight is 412 g/mol. The van der Waals surface area contributed by atoms with Gasteiger partial charge in [0.1, 0.15) is 17.2 Å². The van der Waals surface area contributed by atoms with E-state index in [0.29, 0.717) is 29.1 Å². The van der Waals surface area contributed by atoms with Gasteiger partial charge in [0, 0.05) is 37.1 Å². The smallest absolute Gasteiger partial charge is 0.257 e. The summed E-state index contributed by atoms with van der Waals surface area (Å²) in [6, 6.07) is 2.84. The summed E-state index contributed by atoms with van der Waals surface area (Å²) in [5.41, 5.74) is 0.622. The van der Waals surface area contributed by atoms with Crippen LogP contribution in [0.2, 0.25) is 0 Å². The molecule has 0 saturated carbocycles. The minimum atomic E-state index is -0.445. The van der Waals surface area contributed by atoms with Crippen molar-refractivity contribution in [1.29, 1.82) is 0 Å². The Kier molecular flexibility index (Phi) is 4.83. The number of carbonyl (C=O) groups is 1. The van der Waals surface area contributed by atoms with Crippen molar-refractivity contribution in [1.82, 2.24) is 24.5 Å². The molecule has 3 aromatic heterocycles. The van der Waals surface area contributed by atoms with Crippen LogP contribution >= 0.6 is 0 Å². The molecule has 0 radical (unpaired) electrons. The molecule has 4 rings (SSSR count). The molecule has 0 spiro atoms. The van der Waals surface area contributed by atoms with E-state index in [4.69, 9.17) is 0 Å². The number of carbonyl (C=O) groups excluding carboxylic acids is 1. The maximum Gasteiger partial charge on any atom is 0.257 e. The van der Waals surface area contributed by atoms with E-state index in [1.807, 2.05) is 25.7 Å². The third-order valence-corrected chi connectivity index (χ3v) is 5.17. The molecule has 0 bridgehead atoms. The molecule has 158 valence electrons. The summed E-state index contributed by atoms with van der Waals surface area (Å²) in [4.78, 5) is 32.0. The third-order valence-electron chi connectivity index (χ3n) is 5.17. The SMILES string of the molecule is Cn1cc(F)cc(C2CCCN2c2ccn3ncc(C(=O)NC(C)(C)C)c3n2)c1=O. The standard InChI is InChI=1S/C21H25FN6O2/c1-21(2,3)25-19(29)15-11-23-28-9-7-17(24-18(15)28)27-8-5-6-16(27)14-10-13(22)12-26(4)20(14)30/h7,9-12,16H,5-6,8H2,1-4H3,(H,25,29). The van der Waals surface area contributed by atoms with Crippen molar-refractivity contribution in [2.45, 2.75) is 45.2 Å². The number of amides is 1. The Bertz CT molecular complexity index is 1180. The van der Waals surface area contributed by atoms with Crippen LogP contribution in [0.25, 0.3) is 5.65 Å². The number of aromatic nitrogens is 4. The summed E-state index contributed by atoms with van der Waals surface area (Å²) in [7, 11) is 1.55. The van der Waals surface area contributed by atoms with Gasteiger partial charge in [-0.05, 0) is 45.7 Å². The van der Waals surface area contributed by atoms with E-state index in [9.17, 15) is 14.0 Å². The first kappa shape index (κ1) is 20.1. The number of hydrogen-bond acceptors (Lipinski definition) is 5. The van der Waals surface area contributed by atoms with Crippen molar-refractivity contribution < 1.29 is 9.18 Å².